The van der Waals surface area contributed by atoms with Gasteiger partial charge >= 0.3 is 53.2 Å². The molecule has 2 heterocycles. The first kappa shape index (κ1) is 59.2. The van der Waals surface area contributed by atoms with Crippen LogP contribution >= 0.6 is 0 Å². The monoisotopic (exact) mass is 1130 g/mol. The zero-order valence-electron chi connectivity index (χ0n) is 34.6. The van der Waals surface area contributed by atoms with Crippen LogP contribution in [0, 0.1) is 11.8 Å². The second kappa shape index (κ2) is 22.0. The Morgan fingerprint density at radius 1 is 0.623 bits per heavy atom. The highest BCUT2D eigenvalue weighted by Gasteiger charge is 2.56. The van der Waals surface area contributed by atoms with Crippen LogP contribution in [0.4, 0.5) is 0 Å². The van der Waals surface area contributed by atoms with Gasteiger partial charge in [-0.3, -0.25) is 27.3 Å². The number of aliphatic carboxylic acids is 2. The first-order valence-electron chi connectivity index (χ1n) is 19.1. The van der Waals surface area contributed by atoms with Gasteiger partial charge in [0.25, 0.3) is 20.2 Å². The Balaban J connectivity index is 1.74. The van der Waals surface area contributed by atoms with Crippen LogP contribution in [0.3, 0.4) is 0 Å². The largest absolute Gasteiger partial charge is 0.479 e. The van der Waals surface area contributed by atoms with Gasteiger partial charge < -0.3 is 54.3 Å². The van der Waals surface area contributed by atoms with Gasteiger partial charge in [-0.25, -0.2) is 9.59 Å². The third kappa shape index (κ3) is 17.1. The summed E-state index contributed by atoms with van der Waals surface area (Å²) in [5.41, 5.74) is -0.666. The molecule has 4 rings (SSSR count). The average molecular weight is 1130 g/mol. The molecule has 0 bridgehead atoms. The lowest BCUT2D eigenvalue weighted by atomic mass is 9.75. The number of hydrogen-bond donors (Lipinski definition) is 16. The summed E-state index contributed by atoms with van der Waals surface area (Å²) >= 11 is 0. The molecule has 7 unspecified atom stereocenters. The fraction of sp³-hybridized carbons (Fsp3) is 0.857. The molecule has 2 aliphatic heterocycles. The van der Waals surface area contributed by atoms with Crippen molar-refractivity contribution in [2.75, 3.05) is 18.1 Å². The molecule has 402 valence electrons. The van der Waals surface area contributed by atoms with Crippen molar-refractivity contribution in [2.24, 2.45) is 11.8 Å². The van der Waals surface area contributed by atoms with E-state index in [-0.39, 0.29) is 0 Å². The van der Waals surface area contributed by atoms with Crippen LogP contribution in [0.1, 0.15) is 19.8 Å². The first-order valence-corrected chi connectivity index (χ1v) is 28.1. The van der Waals surface area contributed by atoms with E-state index in [0.717, 1.165) is 6.92 Å². The van der Waals surface area contributed by atoms with E-state index >= 15 is 0 Å². The summed E-state index contributed by atoms with van der Waals surface area (Å²) in [6, 6.07) is -8.76. The number of hydrogen-bond acceptors (Lipinski definition) is 23. The topological polar surface area (TPSA) is 576 Å². The number of rotatable bonds is 21. The zero-order valence-corrected chi connectivity index (χ0v) is 39.5. The van der Waals surface area contributed by atoms with Crippen molar-refractivity contribution < 1.29 is 142 Å². The summed E-state index contributed by atoms with van der Waals surface area (Å²) in [5.74, 6) is -10.4. The Labute approximate surface area is 391 Å². The molecule has 0 spiro atoms. The summed E-state index contributed by atoms with van der Waals surface area (Å²) in [7, 11) is -31.9. The highest BCUT2D eigenvalue weighted by atomic mass is 32.3. The molecule has 69 heavy (non-hydrogen) atoms. The number of ether oxygens (including phenoxy) is 5. The Hall–Kier alpha value is -2.38. The van der Waals surface area contributed by atoms with Crippen LogP contribution in [-0.2, 0) is 94.7 Å². The van der Waals surface area contributed by atoms with Crippen molar-refractivity contribution in [3.05, 3.63) is 11.6 Å². The van der Waals surface area contributed by atoms with Crippen LogP contribution in [0.25, 0.3) is 0 Å². The minimum absolute atomic E-state index is 0.627. The molecule has 0 radical (unpaired) electrons. The summed E-state index contributed by atoms with van der Waals surface area (Å²) in [5, 5.41) is 64.6. The van der Waals surface area contributed by atoms with Gasteiger partial charge in [-0.2, -0.15) is 69.4 Å². The summed E-state index contributed by atoms with van der Waals surface area (Å²) in [4.78, 5) is 24.5. The van der Waals surface area contributed by atoms with E-state index in [2.05, 4.69) is 0 Å². The molecule has 1 saturated carbocycles. The van der Waals surface area contributed by atoms with E-state index < -0.39 is 219 Å². The highest BCUT2D eigenvalue weighted by Crippen LogP contribution is 2.38. The molecule has 2 saturated heterocycles. The van der Waals surface area contributed by atoms with E-state index in [1.165, 1.54) is 9.44 Å². The van der Waals surface area contributed by atoms with Crippen LogP contribution in [-0.4, -0.2) is 236 Å². The normalized spacial score (nSPS) is 37.7. The van der Waals surface area contributed by atoms with Gasteiger partial charge in [-0.15, -0.1) is 0 Å². The molecule has 0 amide bonds. The fourth-order valence-electron chi connectivity index (χ4n) is 8.34. The lowest BCUT2D eigenvalue weighted by molar-refractivity contribution is -0.308. The van der Waals surface area contributed by atoms with Gasteiger partial charge in [-0.1, -0.05) is 0 Å². The van der Waals surface area contributed by atoms with Gasteiger partial charge in [0.1, 0.15) is 42.3 Å². The predicted octanol–water partition coefficient (Wildman–Crippen LogP) is -8.58. The molecule has 16 N–H and O–H groups in total. The van der Waals surface area contributed by atoms with Crippen LogP contribution < -0.4 is 18.9 Å². The van der Waals surface area contributed by atoms with Crippen molar-refractivity contribution in [3.63, 3.8) is 0 Å². The number of carbonyl (C=O) groups is 2. The average Bonchev–Trinajstić information content (AvgIpc) is 3.13. The quantitative estimate of drug-likeness (QED) is 0.0475. The Morgan fingerprint density at radius 2 is 1.10 bits per heavy atom. The smallest absolute Gasteiger partial charge is 0.335 e. The van der Waals surface area contributed by atoms with Gasteiger partial charge in [0.05, 0.1) is 61.0 Å². The molecule has 0 aromatic rings. The van der Waals surface area contributed by atoms with Crippen LogP contribution in [0.15, 0.2) is 11.6 Å². The molecule has 35 nitrogen and oxygen atoms in total. The van der Waals surface area contributed by atoms with E-state index in [1.807, 2.05) is 0 Å². The van der Waals surface area contributed by atoms with Crippen molar-refractivity contribution in [1.29, 1.82) is 0 Å². The predicted molar refractivity (Wildman–Crippen MR) is 217 cm³/mol. The second-order valence-corrected chi connectivity index (χ2v) is 23.8. The van der Waals surface area contributed by atoms with E-state index in [4.69, 9.17) is 23.7 Å². The van der Waals surface area contributed by atoms with Gasteiger partial charge in [0.2, 0.25) is 0 Å². The molecular weight excluding hydrogens is 1080 g/mol. The van der Waals surface area contributed by atoms with E-state index in [1.54, 1.807) is 9.44 Å². The van der Waals surface area contributed by atoms with Gasteiger partial charge in [-0.05, 0) is 19.4 Å². The third-order valence-corrected chi connectivity index (χ3v) is 14.8. The third-order valence-electron chi connectivity index (χ3n) is 11.0. The molecule has 0 aromatic heterocycles. The maximum atomic E-state index is 12.7. The van der Waals surface area contributed by atoms with E-state index in [9.17, 15) is 118 Å². The maximum Gasteiger partial charge on any atom is 0.335 e. The molecule has 41 heteroatoms. The molecular formula is C28H48N4O31S6. The number of carboxylic acid groups (broad SMARTS) is 2. The van der Waals surface area contributed by atoms with Crippen molar-refractivity contribution in [1.82, 2.24) is 18.9 Å². The highest BCUT2D eigenvalue weighted by molar-refractivity contribution is 7.86. The summed E-state index contributed by atoms with van der Waals surface area (Å²) in [6.45, 7) is -0.201. The SMILES string of the molecule is C[C@@H]1OC(CS(=O)(=O)O)[C@H](O[C@@H]2OC(C(=O)O)[C@H](OC[C@@H]3CC(CS(=O)(=O)O)[C@H](O[C@@H]4CC(C(=O)O)=C[C@H](O)C4NS(=O)(=O)O)[C@H](O)C3NS(=O)(=O)O)[C@H](O)C2NS(=O)(=O)O)[C@H](O)C1NS(=O)(=O)O. The number of carboxylic acids is 2. The standard InChI is InChI=1S/C28H48N4O31S6/c1-8-15(29-66(47,48)49)19(34)23(14(60-8)7-65(44,45)46)62-28-18(32-69(56,57)58)21(36)24(25(63-28)27(39)40)59-5-10-2-11(6-64(41,42)43)22(20(35)16(10)30-67(50,51)52)61-13-4-9(26(37)38)3-12(33)17(13)31-68(53,54)55/h3,8,10-25,28-36H,2,4-7H2,1H3,(H,37,38)(H,39,40)(H,41,42,43)(H,44,45,46)(H,47,48,49)(H,50,51,52)(H,53,54,55)(H,56,57,58)/t8-,10-,11?,12-,13+,14?,15?,16?,17?,18?,19+,20+,21+,22-,23-,24+,25?,28+/m0/s1. The molecule has 18 atom stereocenters. The van der Waals surface area contributed by atoms with E-state index in [0.29, 0.717) is 6.08 Å². The molecule has 0 aromatic carbocycles. The van der Waals surface area contributed by atoms with Crippen LogP contribution in [0.5, 0.6) is 0 Å². The van der Waals surface area contributed by atoms with Crippen molar-refractivity contribution >= 4 is 73.4 Å². The molecule has 2 aliphatic carbocycles. The minimum Gasteiger partial charge on any atom is -0.479 e. The lowest BCUT2D eigenvalue weighted by Crippen LogP contribution is -2.69. The zero-order chi connectivity index (χ0) is 52.7. The Bertz CT molecular complexity index is 2600. The van der Waals surface area contributed by atoms with Crippen molar-refractivity contribution in [3.8, 4) is 0 Å². The minimum atomic E-state index is -5.59. The number of nitrogens with one attached hydrogen (secondary N) is 4. The lowest BCUT2D eigenvalue weighted by Gasteiger charge is -2.48. The summed E-state index contributed by atoms with van der Waals surface area (Å²) < 4.78 is 235. The summed E-state index contributed by atoms with van der Waals surface area (Å²) in [6.07, 6.45) is -28.8. The molecule has 4 aliphatic rings. The number of aliphatic hydroxyl groups is 4. The molecule has 3 fully saturated rings. The maximum absolute atomic E-state index is 12.7. The second-order valence-electron chi connectivity index (χ2n) is 16.1. The van der Waals surface area contributed by atoms with Crippen LogP contribution in [0.2, 0.25) is 0 Å². The number of aliphatic hydroxyl groups excluding tert-OH is 4. The van der Waals surface area contributed by atoms with Gasteiger partial charge in [0.15, 0.2) is 12.4 Å². The first-order chi connectivity index (χ1) is 31.1. The Kier molecular flexibility index (Phi) is 18.9. The Morgan fingerprint density at radius 3 is 1.59 bits per heavy atom. The van der Waals surface area contributed by atoms with Crippen molar-refractivity contribution in [2.45, 2.75) is 117 Å². The fourth-order valence-corrected chi connectivity index (χ4v) is 12.5. The van der Waals surface area contributed by atoms with Gasteiger partial charge in [0, 0.05) is 23.8 Å².